The van der Waals surface area contributed by atoms with Crippen LogP contribution in [-0.2, 0) is 5.41 Å². The van der Waals surface area contributed by atoms with E-state index in [-0.39, 0.29) is 0 Å². The molecule has 0 bridgehead atoms. The van der Waals surface area contributed by atoms with Gasteiger partial charge in [0.15, 0.2) is 0 Å². The molecule has 0 radical (unpaired) electrons. The number of benzene rings is 11. The van der Waals surface area contributed by atoms with E-state index >= 15 is 0 Å². The fourth-order valence-corrected chi connectivity index (χ4v) is 10.9. The highest BCUT2D eigenvalue weighted by Gasteiger charge is 2.47. The Morgan fingerprint density at radius 2 is 0.877 bits per heavy atom. The van der Waals surface area contributed by atoms with Crippen LogP contribution in [0.4, 0.5) is 17.1 Å². The maximum atomic E-state index is 6.92. The smallest absolute Gasteiger partial charge is 0.143 e. The highest BCUT2D eigenvalue weighted by atomic mass is 16.3. The van der Waals surface area contributed by atoms with Gasteiger partial charge in [0, 0.05) is 33.2 Å². The van der Waals surface area contributed by atoms with E-state index in [1.807, 2.05) is 0 Å². The monoisotopic (exact) mass is 827 g/mol. The van der Waals surface area contributed by atoms with Crippen LogP contribution in [0.15, 0.2) is 253 Å². The molecule has 0 aliphatic heterocycles. The van der Waals surface area contributed by atoms with Crippen LogP contribution in [0.3, 0.4) is 0 Å². The number of hydrogen-bond acceptors (Lipinski definition) is 2. The minimum Gasteiger partial charge on any atom is -0.455 e. The lowest BCUT2D eigenvalue weighted by molar-refractivity contribution is 0.670. The second kappa shape index (κ2) is 14.8. The predicted octanol–water partition coefficient (Wildman–Crippen LogP) is 17.1. The van der Waals surface area contributed by atoms with E-state index in [1.54, 1.807) is 0 Å². The van der Waals surface area contributed by atoms with Gasteiger partial charge in [-0.25, -0.2) is 0 Å². The van der Waals surface area contributed by atoms with Gasteiger partial charge in [-0.15, -0.1) is 0 Å². The first kappa shape index (κ1) is 37.1. The summed E-state index contributed by atoms with van der Waals surface area (Å²) in [5.74, 6) is 0. The summed E-state index contributed by atoms with van der Waals surface area (Å²) < 4.78 is 6.92. The Bertz CT molecular complexity index is 3730. The third-order valence-corrected chi connectivity index (χ3v) is 13.7. The van der Waals surface area contributed by atoms with Gasteiger partial charge in [0.05, 0.1) is 16.8 Å². The van der Waals surface area contributed by atoms with Gasteiger partial charge in [-0.05, 0) is 96.9 Å². The lowest BCUT2D eigenvalue weighted by Gasteiger charge is -2.34. The van der Waals surface area contributed by atoms with Crippen molar-refractivity contribution in [3.8, 4) is 33.4 Å². The number of fused-ring (bicyclic) bond motifs is 8. The maximum absolute atomic E-state index is 6.92. The van der Waals surface area contributed by atoms with E-state index in [1.165, 1.54) is 66.1 Å². The number of furan rings is 1. The van der Waals surface area contributed by atoms with Crippen molar-refractivity contribution in [3.63, 3.8) is 0 Å². The molecule has 11 aromatic carbocycles. The number of anilines is 3. The first-order valence-electron chi connectivity index (χ1n) is 22.4. The highest BCUT2D eigenvalue weighted by Crippen LogP contribution is 2.60. The molecule has 12 aromatic rings. The average molecular weight is 828 g/mol. The molecule has 0 saturated carbocycles. The fraction of sp³-hybridized carbons (Fsp3) is 0.0159. The molecule has 0 N–H and O–H groups in total. The zero-order valence-electron chi connectivity index (χ0n) is 35.5. The summed E-state index contributed by atoms with van der Waals surface area (Å²) >= 11 is 0. The van der Waals surface area contributed by atoms with Gasteiger partial charge >= 0.3 is 0 Å². The van der Waals surface area contributed by atoms with Crippen molar-refractivity contribution >= 4 is 60.5 Å². The number of hydrogen-bond donors (Lipinski definition) is 0. The topological polar surface area (TPSA) is 16.4 Å². The van der Waals surface area contributed by atoms with Gasteiger partial charge in [0.1, 0.15) is 11.2 Å². The molecule has 13 rings (SSSR count). The first-order valence-corrected chi connectivity index (χ1v) is 22.4. The zero-order chi connectivity index (χ0) is 42.9. The largest absolute Gasteiger partial charge is 0.455 e. The van der Waals surface area contributed by atoms with Gasteiger partial charge in [-0.2, -0.15) is 0 Å². The van der Waals surface area contributed by atoms with Crippen molar-refractivity contribution in [1.82, 2.24) is 0 Å². The van der Waals surface area contributed by atoms with Crippen LogP contribution in [0, 0.1) is 0 Å². The van der Waals surface area contributed by atoms with Crippen LogP contribution >= 0.6 is 0 Å². The minimum atomic E-state index is -0.544. The lowest BCUT2D eigenvalue weighted by Crippen LogP contribution is -2.28. The highest BCUT2D eigenvalue weighted by molar-refractivity contribution is 6.14. The Balaban J connectivity index is 1.08. The molecule has 304 valence electrons. The first-order chi connectivity index (χ1) is 32.3. The normalized spacial score (nSPS) is 12.7. The molecule has 2 nitrogen and oxygen atoms in total. The Kier molecular flexibility index (Phi) is 8.47. The fourth-order valence-electron chi connectivity index (χ4n) is 10.9. The molecule has 1 heterocycles. The van der Waals surface area contributed by atoms with E-state index in [9.17, 15) is 0 Å². The van der Waals surface area contributed by atoms with Crippen LogP contribution in [0.2, 0.25) is 0 Å². The summed E-state index contributed by atoms with van der Waals surface area (Å²) in [4.78, 5) is 2.49. The molecule has 1 aromatic heterocycles. The van der Waals surface area contributed by atoms with Crippen LogP contribution in [-0.4, -0.2) is 0 Å². The lowest BCUT2D eigenvalue weighted by atomic mass is 9.68. The average Bonchev–Trinajstić information content (AvgIpc) is 3.90. The van der Waals surface area contributed by atoms with Crippen molar-refractivity contribution in [3.05, 3.63) is 271 Å². The molecular weight excluding hydrogens is 787 g/mol. The Morgan fingerprint density at radius 3 is 1.66 bits per heavy atom. The third-order valence-electron chi connectivity index (χ3n) is 13.7. The van der Waals surface area contributed by atoms with Crippen molar-refractivity contribution < 1.29 is 4.42 Å². The van der Waals surface area contributed by atoms with Gasteiger partial charge < -0.3 is 9.32 Å². The van der Waals surface area contributed by atoms with Gasteiger partial charge in [0.2, 0.25) is 0 Å². The molecule has 0 fully saturated rings. The van der Waals surface area contributed by atoms with Gasteiger partial charge in [0.25, 0.3) is 0 Å². The molecule has 0 amide bonds. The molecular formula is C63H41NO. The summed E-state index contributed by atoms with van der Waals surface area (Å²) in [6.45, 7) is 0. The van der Waals surface area contributed by atoms with Crippen LogP contribution in [0.5, 0.6) is 0 Å². The van der Waals surface area contributed by atoms with Crippen LogP contribution in [0.25, 0.3) is 76.9 Å². The minimum absolute atomic E-state index is 0.544. The quantitative estimate of drug-likeness (QED) is 0.159. The standard InChI is InChI=1S/C63H41NO/c1-3-22-46(23-4-1)63(47-24-5-2-6-25-47)56-32-13-11-28-54(56)61-57(63)33-17-35-59(61)64(48-38-36-43(37-39-48)50-29-15-21-42-18-9-10-26-49(42)50)58-34-14-12-27-51(58)52-30-16-31-53-55-40-44-19-7-8-20-45(44)41-60(55)65-62(52)53/h1-41H. The van der Waals surface area contributed by atoms with Crippen molar-refractivity contribution in [2.24, 2.45) is 0 Å². The molecule has 0 saturated heterocycles. The van der Waals surface area contributed by atoms with Crippen molar-refractivity contribution in [1.29, 1.82) is 0 Å². The van der Waals surface area contributed by atoms with Crippen molar-refractivity contribution in [2.45, 2.75) is 5.41 Å². The summed E-state index contributed by atoms with van der Waals surface area (Å²) in [5.41, 5.74) is 16.5. The molecule has 1 aliphatic carbocycles. The zero-order valence-corrected chi connectivity index (χ0v) is 35.5. The summed E-state index contributed by atoms with van der Waals surface area (Å²) in [6, 6.07) is 90.8. The SMILES string of the molecule is c1ccc(C2(c3ccccc3)c3ccccc3-c3c(N(c4ccc(-c5cccc6ccccc56)cc4)c4ccccc4-c4cccc5c4oc4cc6ccccc6cc45)cccc32)cc1. The van der Waals surface area contributed by atoms with E-state index < -0.39 is 5.41 Å². The van der Waals surface area contributed by atoms with Gasteiger partial charge in [-0.3, -0.25) is 0 Å². The molecule has 1 aliphatic rings. The Hall–Kier alpha value is -8.46. The predicted molar refractivity (Wildman–Crippen MR) is 272 cm³/mol. The third kappa shape index (κ3) is 5.67. The number of para-hydroxylation sites is 2. The second-order valence-corrected chi connectivity index (χ2v) is 17.1. The second-order valence-electron chi connectivity index (χ2n) is 17.1. The number of nitrogens with zero attached hydrogens (tertiary/aromatic N) is 1. The summed E-state index contributed by atoms with van der Waals surface area (Å²) in [6.07, 6.45) is 0. The Labute approximate surface area is 377 Å². The number of rotatable bonds is 7. The summed E-state index contributed by atoms with van der Waals surface area (Å²) in [7, 11) is 0. The molecule has 0 atom stereocenters. The molecule has 0 unspecified atom stereocenters. The molecule has 65 heavy (non-hydrogen) atoms. The van der Waals surface area contributed by atoms with E-state index in [2.05, 4.69) is 254 Å². The summed E-state index contributed by atoms with van der Waals surface area (Å²) in [5, 5.41) is 7.07. The maximum Gasteiger partial charge on any atom is 0.143 e. The Morgan fingerprint density at radius 1 is 0.338 bits per heavy atom. The van der Waals surface area contributed by atoms with E-state index in [0.29, 0.717) is 0 Å². The van der Waals surface area contributed by atoms with E-state index in [4.69, 9.17) is 4.42 Å². The van der Waals surface area contributed by atoms with E-state index in [0.717, 1.165) is 50.1 Å². The molecule has 2 heteroatoms. The van der Waals surface area contributed by atoms with Crippen LogP contribution < -0.4 is 4.90 Å². The molecule has 0 spiro atoms. The van der Waals surface area contributed by atoms with Crippen LogP contribution in [0.1, 0.15) is 22.3 Å². The van der Waals surface area contributed by atoms with Crippen molar-refractivity contribution in [2.75, 3.05) is 4.90 Å². The van der Waals surface area contributed by atoms with Gasteiger partial charge in [-0.1, -0.05) is 212 Å².